The van der Waals surface area contributed by atoms with Crippen molar-refractivity contribution in [1.82, 2.24) is 15.0 Å². The summed E-state index contributed by atoms with van der Waals surface area (Å²) in [5.41, 5.74) is 5.86. The molecular formula is C25H23N3O2. The molecule has 4 rings (SSSR count). The van der Waals surface area contributed by atoms with E-state index < -0.39 is 0 Å². The van der Waals surface area contributed by atoms with Crippen molar-refractivity contribution >= 4 is 0 Å². The molecule has 0 atom stereocenters. The van der Waals surface area contributed by atoms with E-state index in [9.17, 15) is 10.2 Å². The Hall–Kier alpha value is -3.73. The highest BCUT2D eigenvalue weighted by molar-refractivity contribution is 5.72. The van der Waals surface area contributed by atoms with Gasteiger partial charge < -0.3 is 10.2 Å². The van der Waals surface area contributed by atoms with Crippen LogP contribution in [0.25, 0.3) is 34.2 Å². The Morgan fingerprint density at radius 3 is 1.87 bits per heavy atom. The van der Waals surface area contributed by atoms with Crippen molar-refractivity contribution < 1.29 is 10.2 Å². The Labute approximate surface area is 175 Å². The van der Waals surface area contributed by atoms with Crippen molar-refractivity contribution in [2.45, 2.75) is 27.7 Å². The van der Waals surface area contributed by atoms with E-state index in [1.807, 2.05) is 58.0 Å². The van der Waals surface area contributed by atoms with Crippen LogP contribution in [-0.4, -0.2) is 25.2 Å². The lowest BCUT2D eigenvalue weighted by Crippen LogP contribution is -2.02. The molecule has 1 heterocycles. The Kier molecular flexibility index (Phi) is 4.96. The number of phenolic OH excluding ortho intramolecular Hbond substituents is 2. The Morgan fingerprint density at radius 2 is 1.20 bits per heavy atom. The fourth-order valence-electron chi connectivity index (χ4n) is 3.54. The second kappa shape index (κ2) is 7.59. The van der Waals surface area contributed by atoms with Gasteiger partial charge in [-0.25, -0.2) is 15.0 Å². The molecule has 3 aromatic carbocycles. The third kappa shape index (κ3) is 3.50. The van der Waals surface area contributed by atoms with Crippen LogP contribution in [-0.2, 0) is 0 Å². The van der Waals surface area contributed by atoms with Crippen LogP contribution in [0.5, 0.6) is 11.5 Å². The van der Waals surface area contributed by atoms with E-state index in [1.54, 1.807) is 18.2 Å². The number of para-hydroxylation sites is 1. The molecule has 0 unspecified atom stereocenters. The molecule has 0 saturated carbocycles. The summed E-state index contributed by atoms with van der Waals surface area (Å²) in [4.78, 5) is 14.1. The summed E-state index contributed by atoms with van der Waals surface area (Å²) in [6.07, 6.45) is 0. The van der Waals surface area contributed by atoms with Gasteiger partial charge in [-0.2, -0.15) is 0 Å². The van der Waals surface area contributed by atoms with Crippen LogP contribution in [0.4, 0.5) is 0 Å². The zero-order valence-corrected chi connectivity index (χ0v) is 17.4. The topological polar surface area (TPSA) is 79.1 Å². The summed E-state index contributed by atoms with van der Waals surface area (Å²) in [5, 5.41) is 20.8. The first-order valence-electron chi connectivity index (χ1n) is 9.76. The molecule has 150 valence electrons. The zero-order valence-electron chi connectivity index (χ0n) is 17.4. The van der Waals surface area contributed by atoms with Crippen LogP contribution in [0.2, 0.25) is 0 Å². The van der Waals surface area contributed by atoms with E-state index in [2.05, 4.69) is 16.0 Å². The van der Waals surface area contributed by atoms with E-state index in [-0.39, 0.29) is 11.5 Å². The second-order valence-corrected chi connectivity index (χ2v) is 7.55. The molecule has 0 spiro atoms. The highest BCUT2D eigenvalue weighted by atomic mass is 16.3. The monoisotopic (exact) mass is 397 g/mol. The smallest absolute Gasteiger partial charge is 0.167 e. The summed E-state index contributed by atoms with van der Waals surface area (Å²) in [6.45, 7) is 7.77. The maximum absolute atomic E-state index is 10.4. The predicted molar refractivity (Wildman–Crippen MR) is 118 cm³/mol. The van der Waals surface area contributed by atoms with Gasteiger partial charge in [0.15, 0.2) is 17.5 Å². The fourth-order valence-corrected chi connectivity index (χ4v) is 3.54. The maximum atomic E-state index is 10.4. The van der Waals surface area contributed by atoms with Gasteiger partial charge in [0.05, 0.1) is 5.56 Å². The minimum absolute atomic E-state index is 0.102. The van der Waals surface area contributed by atoms with Crippen LogP contribution >= 0.6 is 0 Å². The lowest BCUT2D eigenvalue weighted by atomic mass is 10.0. The van der Waals surface area contributed by atoms with E-state index in [0.717, 1.165) is 27.8 Å². The van der Waals surface area contributed by atoms with Crippen LogP contribution < -0.4 is 0 Å². The molecule has 1 aromatic heterocycles. The number of nitrogens with zero attached hydrogens (tertiary/aromatic N) is 3. The Bertz CT molecular complexity index is 1270. The van der Waals surface area contributed by atoms with E-state index in [4.69, 9.17) is 4.98 Å². The zero-order chi connectivity index (χ0) is 21.4. The minimum Gasteiger partial charge on any atom is -0.507 e. The number of hydrogen-bond acceptors (Lipinski definition) is 5. The van der Waals surface area contributed by atoms with Crippen molar-refractivity contribution in [1.29, 1.82) is 0 Å². The molecule has 0 fully saturated rings. The summed E-state index contributed by atoms with van der Waals surface area (Å²) in [5.74, 6) is 1.68. The largest absolute Gasteiger partial charge is 0.507 e. The number of aryl methyl sites for hydroxylation is 3. The molecule has 0 radical (unpaired) electrons. The van der Waals surface area contributed by atoms with Gasteiger partial charge in [0, 0.05) is 16.7 Å². The van der Waals surface area contributed by atoms with E-state index >= 15 is 0 Å². The van der Waals surface area contributed by atoms with E-state index in [0.29, 0.717) is 28.6 Å². The van der Waals surface area contributed by atoms with Gasteiger partial charge in [-0.3, -0.25) is 0 Å². The van der Waals surface area contributed by atoms with Gasteiger partial charge in [-0.15, -0.1) is 0 Å². The Balaban J connectivity index is 2.00. The van der Waals surface area contributed by atoms with Gasteiger partial charge in [-0.1, -0.05) is 48.0 Å². The van der Waals surface area contributed by atoms with Gasteiger partial charge in [0.2, 0.25) is 0 Å². The number of phenols is 2. The average molecular weight is 397 g/mol. The first-order chi connectivity index (χ1) is 14.3. The highest BCUT2D eigenvalue weighted by Gasteiger charge is 2.17. The fraction of sp³-hybridized carbons (Fsp3) is 0.160. The number of hydrogen-bond donors (Lipinski definition) is 2. The normalized spacial score (nSPS) is 10.9. The molecule has 30 heavy (non-hydrogen) atoms. The maximum Gasteiger partial charge on any atom is 0.167 e. The molecule has 5 nitrogen and oxygen atoms in total. The number of benzene rings is 3. The molecule has 5 heteroatoms. The van der Waals surface area contributed by atoms with Gasteiger partial charge in [-0.05, 0) is 51.0 Å². The molecule has 0 aliphatic carbocycles. The third-order valence-electron chi connectivity index (χ3n) is 5.28. The first-order valence-corrected chi connectivity index (χ1v) is 9.76. The molecule has 0 amide bonds. The number of aromatic nitrogens is 3. The highest BCUT2D eigenvalue weighted by Crippen LogP contribution is 2.34. The quantitative estimate of drug-likeness (QED) is 0.476. The first kappa shape index (κ1) is 19.6. The lowest BCUT2D eigenvalue weighted by molar-refractivity contribution is 0.467. The molecule has 2 N–H and O–H groups in total. The Morgan fingerprint density at radius 1 is 0.600 bits per heavy atom. The second-order valence-electron chi connectivity index (χ2n) is 7.55. The van der Waals surface area contributed by atoms with Crippen molar-refractivity contribution in [3.8, 4) is 45.7 Å². The number of rotatable bonds is 3. The molecule has 0 saturated heterocycles. The van der Waals surface area contributed by atoms with Crippen LogP contribution in [0.15, 0.2) is 54.6 Å². The molecular weight excluding hydrogens is 374 g/mol. The summed E-state index contributed by atoms with van der Waals surface area (Å²) in [7, 11) is 0. The van der Waals surface area contributed by atoms with Crippen LogP contribution in [0.1, 0.15) is 22.3 Å². The summed E-state index contributed by atoms with van der Waals surface area (Å²) < 4.78 is 0. The van der Waals surface area contributed by atoms with Crippen molar-refractivity contribution in [2.75, 3.05) is 0 Å². The van der Waals surface area contributed by atoms with E-state index in [1.165, 1.54) is 0 Å². The standard InChI is InChI=1S/C25H23N3O2/c1-14-9-11-18(16(3)13-14)23-26-24(19-12-10-15(2)22(30)17(19)4)28-25(27-23)20-7-5-6-8-21(20)29/h5-13,29-30H,1-4H3. The third-order valence-corrected chi connectivity index (χ3v) is 5.28. The van der Waals surface area contributed by atoms with Gasteiger partial charge >= 0.3 is 0 Å². The average Bonchev–Trinajstić information content (AvgIpc) is 2.72. The van der Waals surface area contributed by atoms with Crippen molar-refractivity contribution in [3.63, 3.8) is 0 Å². The van der Waals surface area contributed by atoms with Gasteiger partial charge in [0.1, 0.15) is 11.5 Å². The minimum atomic E-state index is 0.102. The predicted octanol–water partition coefficient (Wildman–Crippen LogP) is 5.52. The lowest BCUT2D eigenvalue weighted by Gasteiger charge is -2.13. The summed E-state index contributed by atoms with van der Waals surface area (Å²) in [6, 6.07) is 16.8. The molecule has 0 bridgehead atoms. The van der Waals surface area contributed by atoms with Crippen molar-refractivity contribution in [3.05, 3.63) is 76.9 Å². The van der Waals surface area contributed by atoms with Crippen LogP contribution in [0.3, 0.4) is 0 Å². The number of aromatic hydroxyl groups is 2. The molecule has 0 aliphatic rings. The SMILES string of the molecule is Cc1ccc(-c2nc(-c3ccccc3O)nc(-c3ccc(C)c(O)c3C)n2)c(C)c1. The molecule has 4 aromatic rings. The molecule has 0 aliphatic heterocycles. The van der Waals surface area contributed by atoms with Crippen LogP contribution in [0, 0.1) is 27.7 Å². The van der Waals surface area contributed by atoms with Gasteiger partial charge in [0.25, 0.3) is 0 Å². The van der Waals surface area contributed by atoms with Crippen molar-refractivity contribution in [2.24, 2.45) is 0 Å². The summed E-state index contributed by atoms with van der Waals surface area (Å²) >= 11 is 0.